The van der Waals surface area contributed by atoms with Gasteiger partial charge >= 0.3 is 0 Å². The molecule has 16 heavy (non-hydrogen) atoms. The van der Waals surface area contributed by atoms with Crippen LogP contribution in [0.1, 0.15) is 5.56 Å². The Morgan fingerprint density at radius 3 is 2.69 bits per heavy atom. The van der Waals surface area contributed by atoms with E-state index in [0.717, 1.165) is 5.56 Å². The van der Waals surface area contributed by atoms with Crippen LogP contribution < -0.4 is 0 Å². The Bertz CT molecular complexity index is 553. The molecule has 0 saturated carbocycles. The number of nitro benzene ring substituents is 1. The number of benzene rings is 1. The predicted molar refractivity (Wildman–Crippen MR) is 58.8 cm³/mol. The van der Waals surface area contributed by atoms with Crippen molar-refractivity contribution in [1.82, 2.24) is 10.2 Å². The molecule has 0 aliphatic rings. The SMILES string of the molecule is Cc1cc(-c2nnc(Br)o2)cc([N+](=O)[O-])c1. The molecule has 2 rings (SSSR count). The fourth-order valence-corrected chi connectivity index (χ4v) is 1.55. The van der Waals surface area contributed by atoms with Gasteiger partial charge in [-0.25, -0.2) is 0 Å². The first-order valence-corrected chi connectivity index (χ1v) is 5.11. The summed E-state index contributed by atoms with van der Waals surface area (Å²) in [5.41, 5.74) is 1.30. The first kappa shape index (κ1) is 10.7. The topological polar surface area (TPSA) is 82.1 Å². The van der Waals surface area contributed by atoms with Gasteiger partial charge in [-0.1, -0.05) is 0 Å². The van der Waals surface area contributed by atoms with E-state index in [0.29, 0.717) is 5.56 Å². The Kier molecular flexibility index (Phi) is 2.69. The molecule has 2 aromatic rings. The average molecular weight is 284 g/mol. The third-order valence-electron chi connectivity index (χ3n) is 1.92. The Hall–Kier alpha value is -1.76. The standard InChI is InChI=1S/C9H6BrN3O3/c1-5-2-6(4-7(3-5)13(14)15)8-11-12-9(10)16-8/h2-4H,1H3. The fourth-order valence-electron chi connectivity index (χ4n) is 1.31. The number of hydrogen-bond acceptors (Lipinski definition) is 5. The summed E-state index contributed by atoms with van der Waals surface area (Å²) in [6.45, 7) is 1.77. The zero-order valence-electron chi connectivity index (χ0n) is 8.18. The molecule has 6 nitrogen and oxygen atoms in total. The highest BCUT2D eigenvalue weighted by molar-refractivity contribution is 9.10. The fraction of sp³-hybridized carbons (Fsp3) is 0.111. The van der Waals surface area contributed by atoms with Crippen LogP contribution in [0.4, 0.5) is 5.69 Å². The highest BCUT2D eigenvalue weighted by atomic mass is 79.9. The molecule has 0 N–H and O–H groups in total. The molecule has 0 bridgehead atoms. The zero-order valence-corrected chi connectivity index (χ0v) is 9.76. The van der Waals surface area contributed by atoms with E-state index < -0.39 is 4.92 Å². The molecule has 0 aliphatic heterocycles. The number of aromatic nitrogens is 2. The van der Waals surface area contributed by atoms with E-state index in [-0.39, 0.29) is 16.4 Å². The van der Waals surface area contributed by atoms with Gasteiger partial charge in [0.2, 0.25) is 5.89 Å². The van der Waals surface area contributed by atoms with Gasteiger partial charge in [0.15, 0.2) is 0 Å². The number of aryl methyl sites for hydroxylation is 1. The zero-order chi connectivity index (χ0) is 11.7. The molecule has 0 saturated heterocycles. The second-order valence-electron chi connectivity index (χ2n) is 3.17. The maximum absolute atomic E-state index is 10.7. The van der Waals surface area contributed by atoms with E-state index in [1.807, 2.05) is 0 Å². The van der Waals surface area contributed by atoms with Gasteiger partial charge in [-0.2, -0.15) is 0 Å². The molecule has 1 aromatic heterocycles. The summed E-state index contributed by atoms with van der Waals surface area (Å²) in [5.74, 6) is 0.249. The minimum absolute atomic E-state index is 0.00400. The van der Waals surface area contributed by atoms with E-state index >= 15 is 0 Å². The molecule has 0 aliphatic carbocycles. The number of halogens is 1. The number of hydrogen-bond donors (Lipinski definition) is 0. The number of nitro groups is 1. The van der Waals surface area contributed by atoms with Crippen molar-refractivity contribution in [2.75, 3.05) is 0 Å². The second-order valence-corrected chi connectivity index (χ2v) is 3.85. The summed E-state index contributed by atoms with van der Waals surface area (Å²) in [7, 11) is 0. The van der Waals surface area contributed by atoms with Crippen LogP contribution in [0.15, 0.2) is 27.4 Å². The number of non-ortho nitro benzene ring substituents is 1. The van der Waals surface area contributed by atoms with Crippen molar-refractivity contribution in [2.24, 2.45) is 0 Å². The van der Waals surface area contributed by atoms with Crippen LogP contribution in [0.2, 0.25) is 0 Å². The normalized spacial score (nSPS) is 10.4. The second kappa shape index (κ2) is 4.01. The van der Waals surface area contributed by atoms with Crippen LogP contribution >= 0.6 is 15.9 Å². The molecular weight excluding hydrogens is 278 g/mol. The Labute approximate surface area is 98.6 Å². The first-order chi connectivity index (χ1) is 7.56. The van der Waals surface area contributed by atoms with E-state index in [1.54, 1.807) is 13.0 Å². The van der Waals surface area contributed by atoms with Crippen LogP contribution in [-0.2, 0) is 0 Å². The summed E-state index contributed by atoms with van der Waals surface area (Å²) in [6.07, 6.45) is 0. The van der Waals surface area contributed by atoms with Crippen molar-refractivity contribution >= 4 is 21.6 Å². The van der Waals surface area contributed by atoms with Gasteiger partial charge in [-0.15, -0.1) is 10.2 Å². The molecular formula is C9H6BrN3O3. The van der Waals surface area contributed by atoms with Gasteiger partial charge in [-0.05, 0) is 18.6 Å². The minimum Gasteiger partial charge on any atom is -0.411 e. The van der Waals surface area contributed by atoms with E-state index in [9.17, 15) is 10.1 Å². The van der Waals surface area contributed by atoms with Gasteiger partial charge in [0.1, 0.15) is 0 Å². The molecule has 0 atom stereocenters. The highest BCUT2D eigenvalue weighted by Crippen LogP contribution is 2.25. The van der Waals surface area contributed by atoms with Gasteiger partial charge in [0.25, 0.3) is 10.5 Å². The lowest BCUT2D eigenvalue weighted by atomic mass is 10.1. The quantitative estimate of drug-likeness (QED) is 0.625. The van der Waals surface area contributed by atoms with Crippen molar-refractivity contribution < 1.29 is 9.34 Å². The van der Waals surface area contributed by atoms with Crippen molar-refractivity contribution in [3.05, 3.63) is 38.7 Å². The third-order valence-corrected chi connectivity index (χ3v) is 2.24. The summed E-state index contributed by atoms with van der Waals surface area (Å²) < 4.78 is 5.13. The van der Waals surface area contributed by atoms with E-state index in [2.05, 4.69) is 26.1 Å². The Morgan fingerprint density at radius 1 is 1.38 bits per heavy atom. The number of nitrogens with zero attached hydrogens (tertiary/aromatic N) is 3. The predicted octanol–water partition coefficient (Wildman–Crippen LogP) is 2.72. The van der Waals surface area contributed by atoms with Gasteiger partial charge in [0.05, 0.1) is 4.92 Å². The van der Waals surface area contributed by atoms with Gasteiger partial charge in [0, 0.05) is 33.6 Å². The molecule has 7 heteroatoms. The largest absolute Gasteiger partial charge is 0.411 e. The Morgan fingerprint density at radius 2 is 2.12 bits per heavy atom. The molecule has 0 radical (unpaired) electrons. The van der Waals surface area contributed by atoms with Crippen LogP contribution in [0.3, 0.4) is 0 Å². The Balaban J connectivity index is 2.53. The van der Waals surface area contributed by atoms with Crippen LogP contribution in [-0.4, -0.2) is 15.1 Å². The molecule has 0 amide bonds. The molecule has 1 heterocycles. The molecule has 0 fully saturated rings. The van der Waals surface area contributed by atoms with Crippen LogP contribution in [0.25, 0.3) is 11.5 Å². The summed E-state index contributed by atoms with van der Waals surface area (Å²) in [4.78, 5) is 10.5. The van der Waals surface area contributed by atoms with Crippen molar-refractivity contribution in [2.45, 2.75) is 6.92 Å². The van der Waals surface area contributed by atoms with Crippen molar-refractivity contribution in [3.63, 3.8) is 0 Å². The summed E-state index contributed by atoms with van der Waals surface area (Å²) in [5, 5.41) is 18.0. The van der Waals surface area contributed by atoms with Crippen LogP contribution in [0.5, 0.6) is 0 Å². The lowest BCUT2D eigenvalue weighted by Crippen LogP contribution is -1.90. The maximum atomic E-state index is 10.7. The number of rotatable bonds is 2. The van der Waals surface area contributed by atoms with Crippen LogP contribution in [0, 0.1) is 17.0 Å². The summed E-state index contributed by atoms with van der Waals surface area (Å²) >= 11 is 3.02. The third kappa shape index (κ3) is 2.08. The first-order valence-electron chi connectivity index (χ1n) is 4.32. The molecule has 1 aromatic carbocycles. The minimum atomic E-state index is -0.456. The van der Waals surface area contributed by atoms with E-state index in [1.165, 1.54) is 12.1 Å². The summed E-state index contributed by atoms with van der Waals surface area (Å²) in [6, 6.07) is 4.62. The monoisotopic (exact) mass is 283 g/mol. The average Bonchev–Trinajstić information content (AvgIpc) is 2.64. The smallest absolute Gasteiger partial charge is 0.285 e. The highest BCUT2D eigenvalue weighted by Gasteiger charge is 2.13. The molecule has 0 spiro atoms. The van der Waals surface area contributed by atoms with E-state index in [4.69, 9.17) is 4.42 Å². The van der Waals surface area contributed by atoms with Gasteiger partial charge in [-0.3, -0.25) is 10.1 Å². The van der Waals surface area contributed by atoms with Gasteiger partial charge < -0.3 is 4.42 Å². The lowest BCUT2D eigenvalue weighted by molar-refractivity contribution is -0.384. The molecule has 82 valence electrons. The van der Waals surface area contributed by atoms with Crippen molar-refractivity contribution in [1.29, 1.82) is 0 Å². The van der Waals surface area contributed by atoms with Crippen molar-refractivity contribution in [3.8, 4) is 11.5 Å². The lowest BCUT2D eigenvalue weighted by Gasteiger charge is -1.98. The molecule has 0 unspecified atom stereocenters. The maximum Gasteiger partial charge on any atom is 0.285 e.